The summed E-state index contributed by atoms with van der Waals surface area (Å²) in [6, 6.07) is 5.00. The van der Waals surface area contributed by atoms with Crippen molar-refractivity contribution in [3.8, 4) is 0 Å². The third kappa shape index (κ3) is 5.23. The van der Waals surface area contributed by atoms with E-state index in [1.807, 2.05) is 11.0 Å². The molecule has 1 aliphatic heterocycles. The fraction of sp³-hybridized carbons (Fsp3) is 0.619. The summed E-state index contributed by atoms with van der Waals surface area (Å²) in [5.41, 5.74) is 7.00. The molecule has 28 heavy (non-hydrogen) atoms. The molecule has 0 spiro atoms. The molecule has 1 aromatic carbocycles. The van der Waals surface area contributed by atoms with Gasteiger partial charge in [0.05, 0.1) is 5.54 Å². The molecule has 1 aliphatic carbocycles. The lowest BCUT2D eigenvalue weighted by molar-refractivity contribution is -0.141. The molecule has 3 rings (SSSR count). The maximum atomic E-state index is 13.6. The molecule has 5 nitrogen and oxygen atoms in total. The van der Waals surface area contributed by atoms with Gasteiger partial charge in [0.1, 0.15) is 5.82 Å². The van der Waals surface area contributed by atoms with E-state index in [2.05, 4.69) is 5.32 Å². The molecule has 0 atom stereocenters. The van der Waals surface area contributed by atoms with Crippen LogP contribution in [0, 0.1) is 18.7 Å². The van der Waals surface area contributed by atoms with Gasteiger partial charge in [0.2, 0.25) is 11.8 Å². The van der Waals surface area contributed by atoms with Crippen LogP contribution in [0.2, 0.25) is 0 Å². The fourth-order valence-corrected chi connectivity index (χ4v) is 4.14. The topological polar surface area (TPSA) is 75.4 Å². The minimum absolute atomic E-state index is 0. The SMILES string of the molecule is Cc1ccc(CNC(=O)C2CCN(C(=O)C3(N)CCCCC3)CC2)cc1F.Cl. The van der Waals surface area contributed by atoms with Gasteiger partial charge >= 0.3 is 0 Å². The Hall–Kier alpha value is -1.66. The predicted octanol–water partition coefficient (Wildman–Crippen LogP) is 3.07. The second kappa shape index (κ2) is 9.70. The maximum Gasteiger partial charge on any atom is 0.242 e. The standard InChI is InChI=1S/C21H30FN3O2.ClH/c1-15-5-6-16(13-18(15)22)14-24-19(26)17-7-11-25(12-8-17)20(27)21(23)9-3-2-4-10-21;/h5-6,13,17H,2-4,7-12,14,23H2,1H3,(H,24,26);1H. The Morgan fingerprint density at radius 1 is 1.21 bits per heavy atom. The van der Waals surface area contributed by atoms with Crippen LogP contribution in [-0.4, -0.2) is 35.3 Å². The molecule has 0 bridgehead atoms. The molecule has 0 aromatic heterocycles. The zero-order chi connectivity index (χ0) is 19.4. The summed E-state index contributed by atoms with van der Waals surface area (Å²) in [4.78, 5) is 27.1. The van der Waals surface area contributed by atoms with Crippen molar-refractivity contribution in [1.82, 2.24) is 10.2 Å². The number of benzene rings is 1. The van der Waals surface area contributed by atoms with Crippen LogP contribution >= 0.6 is 12.4 Å². The number of nitrogens with two attached hydrogens (primary N) is 1. The van der Waals surface area contributed by atoms with Gasteiger partial charge in [-0.1, -0.05) is 31.4 Å². The molecule has 3 N–H and O–H groups in total. The van der Waals surface area contributed by atoms with Crippen molar-refractivity contribution >= 4 is 24.2 Å². The number of amides is 2. The summed E-state index contributed by atoms with van der Waals surface area (Å²) in [5, 5.41) is 2.90. The van der Waals surface area contributed by atoms with Crippen molar-refractivity contribution < 1.29 is 14.0 Å². The quantitative estimate of drug-likeness (QED) is 0.799. The lowest BCUT2D eigenvalue weighted by Gasteiger charge is -2.39. The van der Waals surface area contributed by atoms with Gasteiger partial charge in [0.15, 0.2) is 0 Å². The largest absolute Gasteiger partial charge is 0.352 e. The summed E-state index contributed by atoms with van der Waals surface area (Å²) in [6.07, 6.45) is 6.01. The highest BCUT2D eigenvalue weighted by atomic mass is 35.5. The van der Waals surface area contributed by atoms with Gasteiger partial charge in [0, 0.05) is 25.6 Å². The number of rotatable bonds is 4. The van der Waals surface area contributed by atoms with E-state index < -0.39 is 5.54 Å². The fourth-order valence-electron chi connectivity index (χ4n) is 4.14. The molecule has 2 aliphatic rings. The highest BCUT2D eigenvalue weighted by molar-refractivity contribution is 5.87. The summed E-state index contributed by atoms with van der Waals surface area (Å²) < 4.78 is 13.6. The van der Waals surface area contributed by atoms with Crippen LogP contribution in [-0.2, 0) is 16.1 Å². The first-order chi connectivity index (χ1) is 12.9. The van der Waals surface area contributed by atoms with Crippen molar-refractivity contribution in [2.75, 3.05) is 13.1 Å². The van der Waals surface area contributed by atoms with E-state index in [4.69, 9.17) is 5.73 Å². The lowest BCUT2D eigenvalue weighted by Crippen LogP contribution is -2.58. The molecule has 1 saturated heterocycles. The van der Waals surface area contributed by atoms with Crippen LogP contribution in [0.1, 0.15) is 56.1 Å². The number of piperidine rings is 1. The number of hydrogen-bond donors (Lipinski definition) is 2. The summed E-state index contributed by atoms with van der Waals surface area (Å²) >= 11 is 0. The van der Waals surface area contributed by atoms with Crippen LogP contribution in [0.4, 0.5) is 4.39 Å². The normalized spacial score (nSPS) is 19.6. The number of nitrogens with zero attached hydrogens (tertiary/aromatic N) is 1. The van der Waals surface area contributed by atoms with Crippen molar-refractivity contribution in [3.63, 3.8) is 0 Å². The second-order valence-electron chi connectivity index (χ2n) is 8.08. The smallest absolute Gasteiger partial charge is 0.242 e. The molecular weight excluding hydrogens is 381 g/mol. The van der Waals surface area contributed by atoms with Crippen molar-refractivity contribution in [2.24, 2.45) is 11.7 Å². The third-order valence-electron chi connectivity index (χ3n) is 6.03. The number of aryl methyl sites for hydroxylation is 1. The van der Waals surface area contributed by atoms with Gasteiger partial charge in [-0.15, -0.1) is 12.4 Å². The lowest BCUT2D eigenvalue weighted by atomic mass is 9.81. The minimum Gasteiger partial charge on any atom is -0.352 e. The van der Waals surface area contributed by atoms with E-state index in [-0.39, 0.29) is 36.0 Å². The first-order valence-corrected chi connectivity index (χ1v) is 10.00. The zero-order valence-corrected chi connectivity index (χ0v) is 17.3. The average Bonchev–Trinajstić information content (AvgIpc) is 2.69. The van der Waals surface area contributed by atoms with Crippen molar-refractivity contribution in [3.05, 3.63) is 35.1 Å². The van der Waals surface area contributed by atoms with E-state index in [0.29, 0.717) is 38.0 Å². The van der Waals surface area contributed by atoms with Crippen LogP contribution < -0.4 is 11.1 Å². The Kier molecular flexibility index (Phi) is 7.84. The number of likely N-dealkylation sites (tertiary alicyclic amines) is 1. The molecular formula is C21H31ClFN3O2. The average molecular weight is 412 g/mol. The monoisotopic (exact) mass is 411 g/mol. The number of nitrogens with one attached hydrogen (secondary N) is 1. The second-order valence-corrected chi connectivity index (χ2v) is 8.08. The Morgan fingerprint density at radius 3 is 2.46 bits per heavy atom. The Balaban J connectivity index is 0.00000280. The summed E-state index contributed by atoms with van der Waals surface area (Å²) in [6.45, 7) is 3.19. The molecule has 2 amide bonds. The van der Waals surface area contributed by atoms with E-state index in [1.54, 1.807) is 13.0 Å². The molecule has 0 unspecified atom stereocenters. The number of halogens is 2. The van der Waals surface area contributed by atoms with Crippen LogP contribution in [0.25, 0.3) is 0 Å². The maximum absolute atomic E-state index is 13.6. The Labute approximate surface area is 172 Å². The third-order valence-corrected chi connectivity index (χ3v) is 6.03. The first-order valence-electron chi connectivity index (χ1n) is 10.00. The minimum atomic E-state index is -0.705. The van der Waals surface area contributed by atoms with Crippen LogP contribution in [0.3, 0.4) is 0 Å². The molecule has 1 aromatic rings. The van der Waals surface area contributed by atoms with Crippen molar-refractivity contribution in [2.45, 2.75) is 64.0 Å². The summed E-state index contributed by atoms with van der Waals surface area (Å²) in [5.74, 6) is -0.337. The van der Waals surface area contributed by atoms with Gasteiger partial charge in [0.25, 0.3) is 0 Å². The van der Waals surface area contributed by atoms with Gasteiger partial charge in [-0.05, 0) is 49.8 Å². The van der Waals surface area contributed by atoms with Crippen molar-refractivity contribution in [1.29, 1.82) is 0 Å². The highest BCUT2D eigenvalue weighted by Crippen LogP contribution is 2.29. The van der Waals surface area contributed by atoms with E-state index in [9.17, 15) is 14.0 Å². The van der Waals surface area contributed by atoms with Gasteiger partial charge in [-0.25, -0.2) is 4.39 Å². The zero-order valence-electron chi connectivity index (χ0n) is 16.5. The molecule has 7 heteroatoms. The molecule has 1 saturated carbocycles. The first kappa shape index (κ1) is 22.6. The number of carbonyl (C=O) groups is 2. The van der Waals surface area contributed by atoms with Crippen LogP contribution in [0.5, 0.6) is 0 Å². The molecule has 156 valence electrons. The number of hydrogen-bond acceptors (Lipinski definition) is 3. The predicted molar refractivity (Wildman–Crippen MR) is 110 cm³/mol. The Bertz CT molecular complexity index is 699. The van der Waals surface area contributed by atoms with Crippen LogP contribution in [0.15, 0.2) is 18.2 Å². The van der Waals surface area contributed by atoms with E-state index in [1.165, 1.54) is 6.07 Å². The van der Waals surface area contributed by atoms with E-state index >= 15 is 0 Å². The molecule has 2 fully saturated rings. The van der Waals surface area contributed by atoms with Gasteiger partial charge < -0.3 is 16.0 Å². The Morgan fingerprint density at radius 2 is 1.86 bits per heavy atom. The highest BCUT2D eigenvalue weighted by Gasteiger charge is 2.39. The van der Waals surface area contributed by atoms with Gasteiger partial charge in [-0.2, -0.15) is 0 Å². The van der Waals surface area contributed by atoms with E-state index in [0.717, 1.165) is 37.7 Å². The number of carbonyl (C=O) groups excluding carboxylic acids is 2. The summed E-state index contributed by atoms with van der Waals surface area (Å²) in [7, 11) is 0. The molecule has 0 radical (unpaired) electrons. The molecule has 1 heterocycles. The van der Waals surface area contributed by atoms with Gasteiger partial charge in [-0.3, -0.25) is 9.59 Å².